The highest BCUT2D eigenvalue weighted by atomic mass is 16.3. The fraction of sp³-hybridized carbons (Fsp3) is 0.0455. The van der Waals surface area contributed by atoms with Crippen molar-refractivity contribution in [2.75, 3.05) is 5.32 Å². The lowest BCUT2D eigenvalue weighted by Crippen LogP contribution is -2.12. The fourth-order valence-corrected chi connectivity index (χ4v) is 2.48. The van der Waals surface area contributed by atoms with E-state index >= 15 is 0 Å². The first-order valence-corrected chi connectivity index (χ1v) is 8.06. The van der Waals surface area contributed by atoms with Gasteiger partial charge in [-0.15, -0.1) is 0 Å². The topological polar surface area (TPSA) is 49.3 Å². The second kappa shape index (κ2) is 7.49. The SMILES string of the molecule is Cc1ccc(/C=C/c2ccccc2O)cc1NC(=O)c1ccccc1. The highest BCUT2D eigenvalue weighted by molar-refractivity contribution is 6.04. The highest BCUT2D eigenvalue weighted by Gasteiger charge is 2.07. The Morgan fingerprint density at radius 3 is 2.40 bits per heavy atom. The molecule has 3 nitrogen and oxygen atoms in total. The molecule has 1 amide bonds. The molecule has 3 aromatic rings. The summed E-state index contributed by atoms with van der Waals surface area (Å²) in [5.41, 5.74) is 4.07. The first-order chi connectivity index (χ1) is 12.1. The van der Waals surface area contributed by atoms with E-state index in [9.17, 15) is 9.90 Å². The normalized spacial score (nSPS) is 10.8. The van der Waals surface area contributed by atoms with E-state index in [0.29, 0.717) is 5.56 Å². The Balaban J connectivity index is 1.81. The molecular weight excluding hydrogens is 310 g/mol. The van der Waals surface area contributed by atoms with Crippen molar-refractivity contribution in [1.29, 1.82) is 0 Å². The van der Waals surface area contributed by atoms with Gasteiger partial charge in [-0.05, 0) is 42.3 Å². The quantitative estimate of drug-likeness (QED) is 0.652. The molecule has 0 aliphatic heterocycles. The third kappa shape index (κ3) is 4.15. The van der Waals surface area contributed by atoms with Crippen LogP contribution in [0.4, 0.5) is 5.69 Å². The largest absolute Gasteiger partial charge is 0.507 e. The summed E-state index contributed by atoms with van der Waals surface area (Å²) in [6.07, 6.45) is 3.76. The molecule has 25 heavy (non-hydrogen) atoms. The van der Waals surface area contributed by atoms with Crippen LogP contribution in [0.25, 0.3) is 12.2 Å². The number of phenolic OH excluding ortho intramolecular Hbond substituents is 1. The molecule has 0 aliphatic carbocycles. The van der Waals surface area contributed by atoms with Crippen molar-refractivity contribution in [2.45, 2.75) is 6.92 Å². The van der Waals surface area contributed by atoms with Gasteiger partial charge in [-0.2, -0.15) is 0 Å². The minimum atomic E-state index is -0.134. The average Bonchev–Trinajstić information content (AvgIpc) is 2.64. The summed E-state index contributed by atoms with van der Waals surface area (Å²) in [6, 6.07) is 22.2. The standard InChI is InChI=1S/C22H19NO2/c1-16-11-12-17(13-14-18-7-5-6-10-21(18)24)15-20(16)23-22(25)19-8-3-2-4-9-19/h2-15,24H,1H3,(H,23,25)/b14-13+. The molecule has 0 bridgehead atoms. The van der Waals surface area contributed by atoms with Gasteiger partial charge in [0.2, 0.25) is 0 Å². The molecule has 0 atom stereocenters. The summed E-state index contributed by atoms with van der Waals surface area (Å²) >= 11 is 0. The lowest BCUT2D eigenvalue weighted by atomic mass is 10.1. The van der Waals surface area contributed by atoms with Crippen molar-refractivity contribution in [3.05, 3.63) is 95.1 Å². The minimum Gasteiger partial charge on any atom is -0.507 e. The van der Waals surface area contributed by atoms with Crippen molar-refractivity contribution in [1.82, 2.24) is 0 Å². The van der Waals surface area contributed by atoms with Crippen LogP contribution in [0.1, 0.15) is 27.0 Å². The Morgan fingerprint density at radius 2 is 1.64 bits per heavy atom. The van der Waals surface area contributed by atoms with E-state index in [2.05, 4.69) is 5.32 Å². The van der Waals surface area contributed by atoms with E-state index in [4.69, 9.17) is 0 Å². The summed E-state index contributed by atoms with van der Waals surface area (Å²) in [6.45, 7) is 1.96. The van der Waals surface area contributed by atoms with Crippen LogP contribution in [0.15, 0.2) is 72.8 Å². The summed E-state index contributed by atoms with van der Waals surface area (Å²) in [7, 11) is 0. The molecule has 0 radical (unpaired) electrons. The van der Waals surface area contributed by atoms with Crippen LogP contribution < -0.4 is 5.32 Å². The van der Waals surface area contributed by atoms with Crippen LogP contribution in [-0.2, 0) is 0 Å². The van der Waals surface area contributed by atoms with Crippen molar-refractivity contribution < 1.29 is 9.90 Å². The molecule has 0 aromatic heterocycles. The Bertz CT molecular complexity index is 914. The number of nitrogens with one attached hydrogen (secondary N) is 1. The van der Waals surface area contributed by atoms with Crippen LogP contribution in [0.5, 0.6) is 5.75 Å². The van der Waals surface area contributed by atoms with Crippen LogP contribution in [-0.4, -0.2) is 11.0 Å². The average molecular weight is 329 g/mol. The molecule has 0 fully saturated rings. The molecule has 0 aliphatic rings. The Hall–Kier alpha value is -3.33. The first kappa shape index (κ1) is 16.5. The third-order valence-electron chi connectivity index (χ3n) is 3.94. The summed E-state index contributed by atoms with van der Waals surface area (Å²) in [5.74, 6) is 0.106. The molecule has 124 valence electrons. The van der Waals surface area contributed by atoms with E-state index < -0.39 is 0 Å². The van der Waals surface area contributed by atoms with Crippen LogP contribution in [0.2, 0.25) is 0 Å². The van der Waals surface area contributed by atoms with Crippen molar-refractivity contribution in [3.8, 4) is 5.75 Å². The van der Waals surface area contributed by atoms with Gasteiger partial charge >= 0.3 is 0 Å². The maximum atomic E-state index is 12.3. The van der Waals surface area contributed by atoms with Crippen molar-refractivity contribution in [2.24, 2.45) is 0 Å². The van der Waals surface area contributed by atoms with E-state index in [1.54, 1.807) is 24.3 Å². The van der Waals surface area contributed by atoms with Gasteiger partial charge in [0.05, 0.1) is 0 Å². The number of rotatable bonds is 4. The van der Waals surface area contributed by atoms with E-state index in [-0.39, 0.29) is 11.7 Å². The van der Waals surface area contributed by atoms with Gasteiger partial charge < -0.3 is 10.4 Å². The molecule has 0 saturated carbocycles. The van der Waals surface area contributed by atoms with E-state index in [1.807, 2.05) is 67.6 Å². The van der Waals surface area contributed by atoms with Crippen molar-refractivity contribution in [3.63, 3.8) is 0 Å². The molecule has 0 heterocycles. The van der Waals surface area contributed by atoms with Gasteiger partial charge in [-0.3, -0.25) is 4.79 Å². The highest BCUT2D eigenvalue weighted by Crippen LogP contribution is 2.22. The number of hydrogen-bond acceptors (Lipinski definition) is 2. The maximum absolute atomic E-state index is 12.3. The van der Waals surface area contributed by atoms with Gasteiger partial charge in [0, 0.05) is 16.8 Å². The first-order valence-electron chi connectivity index (χ1n) is 8.06. The summed E-state index contributed by atoms with van der Waals surface area (Å²) in [4.78, 5) is 12.3. The monoisotopic (exact) mass is 329 g/mol. The van der Waals surface area contributed by atoms with Gasteiger partial charge in [0.25, 0.3) is 5.91 Å². The number of phenols is 1. The molecular formula is C22H19NO2. The number of hydrogen-bond donors (Lipinski definition) is 2. The third-order valence-corrected chi connectivity index (χ3v) is 3.94. The molecule has 0 unspecified atom stereocenters. The molecule has 2 N–H and O–H groups in total. The van der Waals surface area contributed by atoms with Crippen LogP contribution in [0, 0.1) is 6.92 Å². The van der Waals surface area contributed by atoms with E-state index in [0.717, 1.165) is 22.4 Å². The number of carbonyl (C=O) groups excluding carboxylic acids is 1. The predicted octanol–water partition coefficient (Wildman–Crippen LogP) is 5.12. The smallest absolute Gasteiger partial charge is 0.255 e. The Kier molecular flexibility index (Phi) is 4.95. The molecule has 3 heteroatoms. The molecule has 0 saturated heterocycles. The second-order valence-electron chi connectivity index (χ2n) is 5.79. The summed E-state index contributed by atoms with van der Waals surface area (Å²) < 4.78 is 0. The Morgan fingerprint density at radius 1 is 0.920 bits per heavy atom. The number of aryl methyl sites for hydroxylation is 1. The summed E-state index contributed by atoms with van der Waals surface area (Å²) in [5, 5.41) is 12.8. The molecule has 0 spiro atoms. The predicted molar refractivity (Wildman–Crippen MR) is 103 cm³/mol. The lowest BCUT2D eigenvalue weighted by molar-refractivity contribution is 0.102. The van der Waals surface area contributed by atoms with E-state index in [1.165, 1.54) is 0 Å². The molecule has 3 rings (SSSR count). The Labute approximate surface area is 147 Å². The number of benzene rings is 3. The minimum absolute atomic E-state index is 0.134. The lowest BCUT2D eigenvalue weighted by Gasteiger charge is -2.09. The van der Waals surface area contributed by atoms with Crippen LogP contribution in [0.3, 0.4) is 0 Å². The fourth-order valence-electron chi connectivity index (χ4n) is 2.48. The zero-order valence-corrected chi connectivity index (χ0v) is 13.9. The zero-order chi connectivity index (χ0) is 17.6. The van der Waals surface area contributed by atoms with Crippen molar-refractivity contribution >= 4 is 23.7 Å². The van der Waals surface area contributed by atoms with Gasteiger partial charge in [-0.1, -0.05) is 60.7 Å². The van der Waals surface area contributed by atoms with Gasteiger partial charge in [-0.25, -0.2) is 0 Å². The zero-order valence-electron chi connectivity index (χ0n) is 13.9. The number of carbonyl (C=O) groups is 1. The van der Waals surface area contributed by atoms with Gasteiger partial charge in [0.15, 0.2) is 0 Å². The maximum Gasteiger partial charge on any atom is 0.255 e. The number of para-hydroxylation sites is 1. The number of anilines is 1. The number of aromatic hydroxyl groups is 1. The second-order valence-corrected chi connectivity index (χ2v) is 5.79. The van der Waals surface area contributed by atoms with Crippen LogP contribution >= 0.6 is 0 Å². The molecule has 3 aromatic carbocycles. The number of amides is 1. The van der Waals surface area contributed by atoms with Gasteiger partial charge in [0.1, 0.15) is 5.75 Å².